The highest BCUT2D eigenvalue weighted by Gasteiger charge is 2.34. The van der Waals surface area contributed by atoms with Gasteiger partial charge in [-0.25, -0.2) is 0 Å². The molecule has 5 nitrogen and oxygen atoms in total. The lowest BCUT2D eigenvalue weighted by Crippen LogP contribution is -2.45. The van der Waals surface area contributed by atoms with Crippen molar-refractivity contribution < 1.29 is 13.2 Å². The number of nitrogens with zero attached hydrogens (tertiary/aromatic N) is 3. The lowest BCUT2D eigenvalue weighted by atomic mass is 10.3. The average molecular weight is 349 g/mol. The predicted molar refractivity (Wildman–Crippen MR) is 90.3 cm³/mol. The van der Waals surface area contributed by atoms with E-state index >= 15 is 0 Å². The van der Waals surface area contributed by atoms with Gasteiger partial charge in [0.2, 0.25) is 0 Å². The number of hydrogen-bond donors (Lipinski definition) is 2. The molecule has 1 heterocycles. The fourth-order valence-corrected chi connectivity index (χ4v) is 3.19. The normalized spacial score (nSPS) is 23.1. The number of guanidine groups is 1. The third-order valence-electron chi connectivity index (χ3n) is 4.49. The van der Waals surface area contributed by atoms with Crippen LogP contribution < -0.4 is 10.6 Å². The summed E-state index contributed by atoms with van der Waals surface area (Å²) < 4.78 is 37.4. The summed E-state index contributed by atoms with van der Waals surface area (Å²) in [5.74, 6) is 0.711. The van der Waals surface area contributed by atoms with Gasteiger partial charge in [0.25, 0.3) is 0 Å². The Labute approximate surface area is 142 Å². The Morgan fingerprint density at radius 1 is 1.25 bits per heavy atom. The molecule has 140 valence electrons. The van der Waals surface area contributed by atoms with Crippen LogP contribution in [0.3, 0.4) is 0 Å². The van der Waals surface area contributed by atoms with Crippen molar-refractivity contribution in [3.8, 4) is 0 Å². The highest BCUT2D eigenvalue weighted by molar-refractivity contribution is 5.80. The van der Waals surface area contributed by atoms with Crippen LogP contribution in [0.4, 0.5) is 13.2 Å². The molecule has 0 spiro atoms. The van der Waals surface area contributed by atoms with Crippen LogP contribution in [0.2, 0.25) is 0 Å². The highest BCUT2D eigenvalue weighted by Crippen LogP contribution is 2.26. The fourth-order valence-electron chi connectivity index (χ4n) is 3.19. The maximum atomic E-state index is 12.5. The van der Waals surface area contributed by atoms with Crippen LogP contribution in [-0.2, 0) is 0 Å². The van der Waals surface area contributed by atoms with Crippen molar-refractivity contribution in [2.24, 2.45) is 4.99 Å². The zero-order valence-electron chi connectivity index (χ0n) is 14.7. The molecule has 0 bridgehead atoms. The van der Waals surface area contributed by atoms with Gasteiger partial charge in [-0.05, 0) is 32.7 Å². The van der Waals surface area contributed by atoms with Crippen LogP contribution in [0.1, 0.15) is 33.1 Å². The molecule has 1 saturated heterocycles. The molecule has 0 amide bonds. The van der Waals surface area contributed by atoms with E-state index in [1.807, 2.05) is 6.92 Å². The Kier molecular flexibility index (Phi) is 7.16. The molecule has 24 heavy (non-hydrogen) atoms. The third-order valence-corrected chi connectivity index (χ3v) is 4.49. The molecule has 2 rings (SSSR count). The quantitative estimate of drug-likeness (QED) is 0.517. The molecule has 1 unspecified atom stereocenters. The van der Waals surface area contributed by atoms with Gasteiger partial charge in [0.05, 0.1) is 13.1 Å². The SMILES string of the molecule is CCNC(=NCCN(CC)C1CC1)NC1CCN(CC(F)(F)F)C1. The lowest BCUT2D eigenvalue weighted by molar-refractivity contribution is -0.143. The number of likely N-dealkylation sites (N-methyl/N-ethyl adjacent to an activating group) is 1. The number of hydrogen-bond acceptors (Lipinski definition) is 3. The first-order chi connectivity index (χ1) is 11.4. The van der Waals surface area contributed by atoms with Crippen molar-refractivity contribution in [3.63, 3.8) is 0 Å². The van der Waals surface area contributed by atoms with E-state index in [2.05, 4.69) is 27.4 Å². The van der Waals surface area contributed by atoms with E-state index in [0.29, 0.717) is 32.0 Å². The standard InChI is InChI=1S/C16H30F3N5/c1-3-20-15(21-8-10-24(4-2)14-5-6-14)22-13-7-9-23(11-13)12-16(17,18)19/h13-14H,3-12H2,1-2H3,(H2,20,21,22). The largest absolute Gasteiger partial charge is 0.401 e. The van der Waals surface area contributed by atoms with Gasteiger partial charge in [-0.2, -0.15) is 13.2 Å². The van der Waals surface area contributed by atoms with Crippen LogP contribution in [0.25, 0.3) is 0 Å². The Morgan fingerprint density at radius 3 is 2.58 bits per heavy atom. The van der Waals surface area contributed by atoms with E-state index in [-0.39, 0.29) is 6.04 Å². The first-order valence-electron chi connectivity index (χ1n) is 8.99. The van der Waals surface area contributed by atoms with E-state index in [0.717, 1.165) is 25.7 Å². The molecule has 0 aromatic rings. The zero-order chi connectivity index (χ0) is 17.6. The maximum Gasteiger partial charge on any atom is 0.401 e. The molecule has 1 saturated carbocycles. The summed E-state index contributed by atoms with van der Waals surface area (Å²) in [5.41, 5.74) is 0. The number of rotatable bonds is 8. The van der Waals surface area contributed by atoms with E-state index in [4.69, 9.17) is 0 Å². The van der Waals surface area contributed by atoms with E-state index in [1.54, 1.807) is 0 Å². The average Bonchev–Trinajstić information content (AvgIpc) is 3.24. The predicted octanol–water partition coefficient (Wildman–Crippen LogP) is 1.66. The zero-order valence-corrected chi connectivity index (χ0v) is 14.7. The molecule has 0 aromatic carbocycles. The van der Waals surface area contributed by atoms with Crippen LogP contribution in [0.5, 0.6) is 0 Å². The number of aliphatic imine (C=N–C) groups is 1. The van der Waals surface area contributed by atoms with Crippen molar-refractivity contribution in [2.45, 2.75) is 51.4 Å². The van der Waals surface area contributed by atoms with Gasteiger partial charge in [-0.1, -0.05) is 6.92 Å². The lowest BCUT2D eigenvalue weighted by Gasteiger charge is -2.21. The number of alkyl halides is 3. The topological polar surface area (TPSA) is 42.9 Å². The number of likely N-dealkylation sites (tertiary alicyclic amines) is 1. The minimum atomic E-state index is -4.13. The summed E-state index contributed by atoms with van der Waals surface area (Å²) in [5, 5.41) is 6.47. The van der Waals surface area contributed by atoms with Gasteiger partial charge in [0.1, 0.15) is 0 Å². The summed E-state index contributed by atoms with van der Waals surface area (Å²) in [6.45, 7) is 7.63. The molecular formula is C16H30F3N5. The molecule has 8 heteroatoms. The van der Waals surface area contributed by atoms with E-state index < -0.39 is 12.7 Å². The van der Waals surface area contributed by atoms with Gasteiger partial charge in [-0.15, -0.1) is 0 Å². The first kappa shape index (κ1) is 19.3. The highest BCUT2D eigenvalue weighted by atomic mass is 19.4. The van der Waals surface area contributed by atoms with E-state index in [1.165, 1.54) is 17.7 Å². The second-order valence-electron chi connectivity index (χ2n) is 6.60. The van der Waals surface area contributed by atoms with Crippen molar-refractivity contribution in [2.75, 3.05) is 45.8 Å². The van der Waals surface area contributed by atoms with Gasteiger partial charge in [0, 0.05) is 38.3 Å². The molecule has 1 atom stereocenters. The van der Waals surface area contributed by atoms with Crippen molar-refractivity contribution in [1.82, 2.24) is 20.4 Å². The Balaban J connectivity index is 1.76. The molecule has 2 N–H and O–H groups in total. The Morgan fingerprint density at radius 2 is 2.00 bits per heavy atom. The summed E-state index contributed by atoms with van der Waals surface area (Å²) in [4.78, 5) is 8.48. The van der Waals surface area contributed by atoms with E-state index in [9.17, 15) is 13.2 Å². The van der Waals surface area contributed by atoms with Gasteiger partial charge >= 0.3 is 6.18 Å². The fraction of sp³-hybridized carbons (Fsp3) is 0.938. The molecular weight excluding hydrogens is 319 g/mol. The molecule has 0 aromatic heterocycles. The minimum absolute atomic E-state index is 0.0239. The second-order valence-corrected chi connectivity index (χ2v) is 6.60. The third kappa shape index (κ3) is 6.84. The Hall–Kier alpha value is -1.02. The van der Waals surface area contributed by atoms with Crippen molar-refractivity contribution in [1.29, 1.82) is 0 Å². The van der Waals surface area contributed by atoms with Gasteiger partial charge < -0.3 is 10.6 Å². The summed E-state index contributed by atoms with van der Waals surface area (Å²) in [7, 11) is 0. The number of nitrogens with one attached hydrogen (secondary N) is 2. The Bertz CT molecular complexity index is 409. The van der Waals surface area contributed by atoms with Crippen molar-refractivity contribution in [3.05, 3.63) is 0 Å². The van der Waals surface area contributed by atoms with Crippen LogP contribution in [0, 0.1) is 0 Å². The first-order valence-corrected chi connectivity index (χ1v) is 8.99. The van der Waals surface area contributed by atoms with Crippen molar-refractivity contribution >= 4 is 5.96 Å². The number of halogens is 3. The van der Waals surface area contributed by atoms with Crippen LogP contribution in [0.15, 0.2) is 4.99 Å². The van der Waals surface area contributed by atoms with Crippen LogP contribution in [-0.4, -0.2) is 79.8 Å². The monoisotopic (exact) mass is 349 g/mol. The molecule has 2 fully saturated rings. The summed E-state index contributed by atoms with van der Waals surface area (Å²) in [6, 6.07) is 0.752. The smallest absolute Gasteiger partial charge is 0.357 e. The molecule has 0 radical (unpaired) electrons. The molecule has 1 aliphatic heterocycles. The molecule has 2 aliphatic rings. The molecule has 1 aliphatic carbocycles. The van der Waals surface area contributed by atoms with Gasteiger partial charge in [-0.3, -0.25) is 14.8 Å². The maximum absolute atomic E-state index is 12.5. The summed E-state index contributed by atoms with van der Waals surface area (Å²) in [6.07, 6.45) is -0.844. The second kappa shape index (κ2) is 8.89. The minimum Gasteiger partial charge on any atom is -0.357 e. The summed E-state index contributed by atoms with van der Waals surface area (Å²) >= 11 is 0. The van der Waals surface area contributed by atoms with Crippen LogP contribution >= 0.6 is 0 Å². The van der Waals surface area contributed by atoms with Gasteiger partial charge in [0.15, 0.2) is 5.96 Å².